The lowest BCUT2D eigenvalue weighted by molar-refractivity contribution is -0.139. The van der Waals surface area contributed by atoms with E-state index in [9.17, 15) is 9.59 Å². The van der Waals surface area contributed by atoms with E-state index in [1.54, 1.807) is 19.3 Å². The Morgan fingerprint density at radius 2 is 2.29 bits per heavy atom. The molecule has 17 heavy (non-hydrogen) atoms. The molecule has 1 atom stereocenters. The van der Waals surface area contributed by atoms with Crippen molar-refractivity contribution in [3.05, 3.63) is 12.3 Å². The quantitative estimate of drug-likeness (QED) is 0.709. The maximum Gasteiger partial charge on any atom is 0.326 e. The number of hydrogen-bond acceptors (Lipinski definition) is 3. The summed E-state index contributed by atoms with van der Waals surface area (Å²) in [4.78, 5) is 22.3. The van der Waals surface area contributed by atoms with Crippen LogP contribution in [0.4, 0.5) is 10.6 Å². The zero-order valence-electron chi connectivity index (χ0n) is 9.80. The minimum Gasteiger partial charge on any atom is -0.480 e. The van der Waals surface area contributed by atoms with Crippen molar-refractivity contribution in [1.29, 1.82) is 0 Å². The zero-order chi connectivity index (χ0) is 12.8. The molecule has 0 fully saturated rings. The molecule has 7 nitrogen and oxygen atoms in total. The predicted octanol–water partition coefficient (Wildman–Crippen LogP) is 0.795. The SMILES string of the molecule is CCC[C@@H](NC(=O)Nc1ccn(C)n1)C(=O)O. The van der Waals surface area contributed by atoms with Gasteiger partial charge in [0, 0.05) is 19.3 Å². The van der Waals surface area contributed by atoms with Crippen LogP contribution < -0.4 is 10.6 Å². The molecule has 3 N–H and O–H groups in total. The van der Waals surface area contributed by atoms with Crippen LogP contribution in [0.5, 0.6) is 0 Å². The average molecular weight is 240 g/mol. The van der Waals surface area contributed by atoms with Crippen LogP contribution in [-0.2, 0) is 11.8 Å². The smallest absolute Gasteiger partial charge is 0.326 e. The number of nitrogens with zero attached hydrogens (tertiary/aromatic N) is 2. The highest BCUT2D eigenvalue weighted by atomic mass is 16.4. The Kier molecular flexibility index (Phi) is 4.50. The number of carboxylic acids is 1. The molecule has 1 rings (SSSR count). The fourth-order valence-electron chi connectivity index (χ4n) is 1.34. The van der Waals surface area contributed by atoms with Gasteiger partial charge in [0.25, 0.3) is 0 Å². The Hall–Kier alpha value is -2.05. The van der Waals surface area contributed by atoms with E-state index in [1.807, 2.05) is 6.92 Å². The Labute approximate surface area is 98.8 Å². The topological polar surface area (TPSA) is 96.3 Å². The molecule has 0 saturated heterocycles. The van der Waals surface area contributed by atoms with Gasteiger partial charge in [-0.15, -0.1) is 0 Å². The number of nitrogens with one attached hydrogen (secondary N) is 2. The van der Waals surface area contributed by atoms with Crippen LogP contribution in [0.3, 0.4) is 0 Å². The van der Waals surface area contributed by atoms with Crippen molar-refractivity contribution >= 4 is 17.8 Å². The van der Waals surface area contributed by atoms with Gasteiger partial charge in [-0.2, -0.15) is 5.10 Å². The van der Waals surface area contributed by atoms with Crippen molar-refractivity contribution in [2.24, 2.45) is 7.05 Å². The molecule has 0 aliphatic carbocycles. The monoisotopic (exact) mass is 240 g/mol. The first-order valence-electron chi connectivity index (χ1n) is 5.33. The second-order valence-corrected chi connectivity index (χ2v) is 3.65. The molecule has 1 heterocycles. The standard InChI is InChI=1S/C10H16N4O3/c1-3-4-7(9(15)16)11-10(17)12-8-5-6-14(2)13-8/h5-7H,3-4H2,1-2H3,(H,15,16)(H2,11,12,13,17)/t7-/m1/s1. The fraction of sp³-hybridized carbons (Fsp3) is 0.500. The van der Waals surface area contributed by atoms with Gasteiger partial charge in [0.2, 0.25) is 0 Å². The van der Waals surface area contributed by atoms with E-state index in [1.165, 1.54) is 4.68 Å². The van der Waals surface area contributed by atoms with Gasteiger partial charge in [0.1, 0.15) is 6.04 Å². The molecule has 1 aromatic rings. The molecule has 0 aromatic carbocycles. The van der Waals surface area contributed by atoms with Crippen LogP contribution >= 0.6 is 0 Å². The van der Waals surface area contributed by atoms with E-state index < -0.39 is 18.0 Å². The second-order valence-electron chi connectivity index (χ2n) is 3.65. The van der Waals surface area contributed by atoms with E-state index in [0.717, 1.165) is 0 Å². The largest absolute Gasteiger partial charge is 0.480 e. The summed E-state index contributed by atoms with van der Waals surface area (Å²) in [6, 6.07) is 0.183. The second kappa shape index (κ2) is 5.88. The molecule has 0 unspecified atom stereocenters. The summed E-state index contributed by atoms with van der Waals surface area (Å²) in [5, 5.41) is 17.6. The van der Waals surface area contributed by atoms with Gasteiger partial charge >= 0.3 is 12.0 Å². The average Bonchev–Trinajstić information content (AvgIpc) is 2.63. The normalized spacial score (nSPS) is 11.9. The molecule has 94 valence electrons. The van der Waals surface area contributed by atoms with E-state index in [0.29, 0.717) is 18.7 Å². The lowest BCUT2D eigenvalue weighted by atomic mass is 10.2. The molecular formula is C10H16N4O3. The van der Waals surface area contributed by atoms with Crippen LogP contribution in [-0.4, -0.2) is 32.9 Å². The number of anilines is 1. The highest BCUT2D eigenvalue weighted by molar-refractivity contribution is 5.91. The van der Waals surface area contributed by atoms with Gasteiger partial charge in [0.05, 0.1) is 0 Å². The molecule has 0 aliphatic rings. The van der Waals surface area contributed by atoms with Gasteiger partial charge in [0.15, 0.2) is 5.82 Å². The van der Waals surface area contributed by atoms with E-state index >= 15 is 0 Å². The van der Waals surface area contributed by atoms with Gasteiger partial charge in [-0.1, -0.05) is 13.3 Å². The van der Waals surface area contributed by atoms with Crippen molar-refractivity contribution in [2.45, 2.75) is 25.8 Å². The number of aryl methyl sites for hydroxylation is 1. The first kappa shape index (κ1) is 13.0. The highest BCUT2D eigenvalue weighted by Crippen LogP contribution is 2.02. The van der Waals surface area contributed by atoms with Crippen LogP contribution in [0.1, 0.15) is 19.8 Å². The summed E-state index contributed by atoms with van der Waals surface area (Å²) < 4.78 is 1.54. The van der Waals surface area contributed by atoms with Crippen molar-refractivity contribution in [3.8, 4) is 0 Å². The maximum atomic E-state index is 11.5. The Morgan fingerprint density at radius 3 is 2.76 bits per heavy atom. The van der Waals surface area contributed by atoms with E-state index in [2.05, 4.69) is 15.7 Å². The highest BCUT2D eigenvalue weighted by Gasteiger charge is 2.18. The Balaban J connectivity index is 2.50. The molecule has 0 bridgehead atoms. The molecule has 0 saturated carbocycles. The van der Waals surface area contributed by atoms with Crippen molar-refractivity contribution in [2.75, 3.05) is 5.32 Å². The van der Waals surface area contributed by atoms with Crippen LogP contribution in [0.25, 0.3) is 0 Å². The lowest BCUT2D eigenvalue weighted by Crippen LogP contribution is -2.42. The third-order valence-corrected chi connectivity index (χ3v) is 2.14. The first-order valence-corrected chi connectivity index (χ1v) is 5.33. The van der Waals surface area contributed by atoms with E-state index in [4.69, 9.17) is 5.11 Å². The number of aliphatic carboxylic acids is 1. The molecule has 0 radical (unpaired) electrons. The molecule has 2 amide bonds. The third-order valence-electron chi connectivity index (χ3n) is 2.14. The van der Waals surface area contributed by atoms with Gasteiger partial charge < -0.3 is 10.4 Å². The van der Waals surface area contributed by atoms with Crippen LogP contribution in [0.2, 0.25) is 0 Å². The summed E-state index contributed by atoms with van der Waals surface area (Å²) in [7, 11) is 1.72. The van der Waals surface area contributed by atoms with Gasteiger partial charge in [-0.05, 0) is 6.42 Å². The molecule has 0 spiro atoms. The van der Waals surface area contributed by atoms with Crippen molar-refractivity contribution in [3.63, 3.8) is 0 Å². The van der Waals surface area contributed by atoms with Gasteiger partial charge in [-0.3, -0.25) is 10.00 Å². The number of amides is 2. The summed E-state index contributed by atoms with van der Waals surface area (Å²) in [5.74, 6) is -0.659. The van der Waals surface area contributed by atoms with Crippen LogP contribution in [0, 0.1) is 0 Å². The molecular weight excluding hydrogens is 224 g/mol. The zero-order valence-corrected chi connectivity index (χ0v) is 9.80. The lowest BCUT2D eigenvalue weighted by Gasteiger charge is -2.13. The summed E-state index contributed by atoms with van der Waals surface area (Å²) >= 11 is 0. The minimum atomic E-state index is -1.04. The molecule has 0 aliphatic heterocycles. The van der Waals surface area contributed by atoms with E-state index in [-0.39, 0.29) is 0 Å². The summed E-state index contributed by atoms with van der Waals surface area (Å²) in [6.45, 7) is 1.86. The Bertz CT molecular complexity index is 402. The fourth-order valence-corrected chi connectivity index (χ4v) is 1.34. The van der Waals surface area contributed by atoms with Crippen LogP contribution in [0.15, 0.2) is 12.3 Å². The minimum absolute atomic E-state index is 0.380. The molecule has 7 heteroatoms. The maximum absolute atomic E-state index is 11.5. The van der Waals surface area contributed by atoms with Gasteiger partial charge in [-0.25, -0.2) is 9.59 Å². The summed E-state index contributed by atoms with van der Waals surface area (Å²) in [6.07, 6.45) is 2.75. The summed E-state index contributed by atoms with van der Waals surface area (Å²) in [5.41, 5.74) is 0. The molecule has 1 aromatic heterocycles. The predicted molar refractivity (Wildman–Crippen MR) is 61.7 cm³/mol. The van der Waals surface area contributed by atoms with Crippen molar-refractivity contribution in [1.82, 2.24) is 15.1 Å². The number of urea groups is 1. The Morgan fingerprint density at radius 1 is 1.59 bits per heavy atom. The third kappa shape index (κ3) is 4.13. The number of aromatic nitrogens is 2. The number of carbonyl (C=O) groups excluding carboxylic acids is 1. The number of carbonyl (C=O) groups is 2. The first-order chi connectivity index (χ1) is 8.02. The van der Waals surface area contributed by atoms with Crippen molar-refractivity contribution < 1.29 is 14.7 Å². The number of hydrogen-bond donors (Lipinski definition) is 3. The number of rotatable bonds is 5. The number of carboxylic acid groups (broad SMARTS) is 1.